The first-order valence-electron chi connectivity index (χ1n) is 10.2. The second-order valence-corrected chi connectivity index (χ2v) is 8.66. The summed E-state index contributed by atoms with van der Waals surface area (Å²) < 4.78 is 6.10. The summed E-state index contributed by atoms with van der Waals surface area (Å²) in [7, 11) is 1.58. The molecule has 7 nitrogen and oxygen atoms in total. The molecule has 1 saturated heterocycles. The predicted octanol–water partition coefficient (Wildman–Crippen LogP) is 4.63. The Morgan fingerprint density at radius 2 is 1.91 bits per heavy atom. The van der Waals surface area contributed by atoms with Crippen LogP contribution in [0.25, 0.3) is 16.0 Å². The lowest BCUT2D eigenvalue weighted by Crippen LogP contribution is -2.29. The van der Waals surface area contributed by atoms with E-state index in [1.54, 1.807) is 55.9 Å². The second-order valence-electron chi connectivity index (χ2n) is 7.65. The fraction of sp³-hybridized carbons (Fsp3) is 0.120. The zero-order valence-corrected chi connectivity index (χ0v) is 18.7. The number of thiazole rings is 1. The molecule has 1 aliphatic heterocycles. The molecule has 1 unspecified atom stereocenters. The van der Waals surface area contributed by atoms with E-state index in [9.17, 15) is 14.7 Å². The standard InChI is InChI=1S/C25H19N3O4S/c1-14-5-7-15(8-6-14)22(29)20-21(16-4-3-11-26-13-16)28(24(31)23(20)30)25-27-18-10-9-17(32-2)12-19(18)33-25/h3-13,21,29H,1-2H3/b22-20+. The quantitative estimate of drug-likeness (QED) is 0.273. The number of aliphatic hydroxyl groups excluding tert-OH is 1. The van der Waals surface area contributed by atoms with Crippen LogP contribution in [0.15, 0.2) is 72.6 Å². The molecule has 3 heterocycles. The number of benzene rings is 2. The molecule has 1 aliphatic rings. The van der Waals surface area contributed by atoms with E-state index in [4.69, 9.17) is 4.74 Å². The number of ether oxygens (including phenoxy) is 1. The lowest BCUT2D eigenvalue weighted by Gasteiger charge is -2.22. The maximum Gasteiger partial charge on any atom is 0.301 e. The third-order valence-corrected chi connectivity index (χ3v) is 6.58. The van der Waals surface area contributed by atoms with Crippen molar-refractivity contribution in [2.75, 3.05) is 12.0 Å². The molecule has 0 aliphatic carbocycles. The van der Waals surface area contributed by atoms with Crippen LogP contribution in [0.1, 0.15) is 22.7 Å². The highest BCUT2D eigenvalue weighted by Gasteiger charge is 2.48. The van der Waals surface area contributed by atoms with Gasteiger partial charge in [0.2, 0.25) is 0 Å². The number of fused-ring (bicyclic) bond motifs is 1. The van der Waals surface area contributed by atoms with Crippen molar-refractivity contribution in [1.29, 1.82) is 0 Å². The number of hydrogen-bond acceptors (Lipinski definition) is 7. The van der Waals surface area contributed by atoms with E-state index in [1.807, 2.05) is 25.1 Å². The fourth-order valence-electron chi connectivity index (χ4n) is 3.87. The Labute approximate surface area is 193 Å². The molecule has 0 radical (unpaired) electrons. The minimum absolute atomic E-state index is 0.00805. The summed E-state index contributed by atoms with van der Waals surface area (Å²) in [6, 6.07) is 15.2. The highest BCUT2D eigenvalue weighted by atomic mass is 32.1. The Morgan fingerprint density at radius 3 is 2.61 bits per heavy atom. The molecule has 4 aromatic rings. The van der Waals surface area contributed by atoms with Crippen LogP contribution in [-0.2, 0) is 9.59 Å². The number of amides is 1. The Kier molecular flexibility index (Phi) is 5.14. The van der Waals surface area contributed by atoms with Gasteiger partial charge in [0.25, 0.3) is 5.78 Å². The minimum atomic E-state index is -0.859. The van der Waals surface area contributed by atoms with Crippen molar-refractivity contribution in [3.8, 4) is 5.75 Å². The zero-order chi connectivity index (χ0) is 23.1. The van der Waals surface area contributed by atoms with Gasteiger partial charge in [-0.25, -0.2) is 4.98 Å². The summed E-state index contributed by atoms with van der Waals surface area (Å²) in [5.74, 6) is -1.07. The smallest absolute Gasteiger partial charge is 0.301 e. The van der Waals surface area contributed by atoms with Crippen molar-refractivity contribution in [1.82, 2.24) is 9.97 Å². The molecule has 1 N–H and O–H groups in total. The maximum atomic E-state index is 13.2. The molecule has 0 spiro atoms. The van der Waals surface area contributed by atoms with Crippen molar-refractivity contribution in [2.45, 2.75) is 13.0 Å². The van der Waals surface area contributed by atoms with Crippen LogP contribution in [0.5, 0.6) is 5.75 Å². The topological polar surface area (TPSA) is 92.6 Å². The predicted molar refractivity (Wildman–Crippen MR) is 126 cm³/mol. The number of aryl methyl sites for hydroxylation is 1. The number of aromatic nitrogens is 2. The number of carbonyl (C=O) groups excluding carboxylic acids is 2. The molecule has 164 valence electrons. The van der Waals surface area contributed by atoms with Crippen LogP contribution in [0.2, 0.25) is 0 Å². The number of rotatable bonds is 4. The van der Waals surface area contributed by atoms with Crippen LogP contribution < -0.4 is 9.64 Å². The van der Waals surface area contributed by atoms with Gasteiger partial charge in [-0.3, -0.25) is 19.5 Å². The van der Waals surface area contributed by atoms with Gasteiger partial charge in [0.15, 0.2) is 5.13 Å². The first-order valence-corrected chi connectivity index (χ1v) is 11.0. The Balaban J connectivity index is 1.71. The highest BCUT2D eigenvalue weighted by Crippen LogP contribution is 2.44. The number of pyridine rings is 1. The fourth-order valence-corrected chi connectivity index (χ4v) is 4.89. The SMILES string of the molecule is COc1ccc2nc(N3C(=O)C(=O)/C(=C(/O)c4ccc(C)cc4)C3c3cccnc3)sc2c1. The minimum Gasteiger partial charge on any atom is -0.507 e. The number of Topliss-reactive ketones (excluding diaryl/α,β-unsaturated/α-hetero) is 1. The van der Waals surface area contributed by atoms with E-state index in [0.717, 1.165) is 10.3 Å². The van der Waals surface area contributed by atoms with Crippen molar-refractivity contribution >= 4 is 44.1 Å². The molecule has 0 saturated carbocycles. The molecule has 2 aromatic heterocycles. The third-order valence-electron chi connectivity index (χ3n) is 5.56. The van der Waals surface area contributed by atoms with Gasteiger partial charge in [-0.15, -0.1) is 0 Å². The van der Waals surface area contributed by atoms with E-state index in [-0.39, 0.29) is 11.3 Å². The summed E-state index contributed by atoms with van der Waals surface area (Å²) in [4.78, 5) is 36.5. The molecule has 1 atom stereocenters. The van der Waals surface area contributed by atoms with Gasteiger partial charge < -0.3 is 9.84 Å². The number of anilines is 1. The van der Waals surface area contributed by atoms with E-state index in [1.165, 1.54) is 16.2 Å². The summed E-state index contributed by atoms with van der Waals surface area (Å²) in [5.41, 5.74) is 2.76. The number of methoxy groups -OCH3 is 1. The zero-order valence-electron chi connectivity index (χ0n) is 17.9. The summed E-state index contributed by atoms with van der Waals surface area (Å²) in [5, 5.41) is 11.5. The summed E-state index contributed by atoms with van der Waals surface area (Å²) >= 11 is 1.28. The number of nitrogens with zero attached hydrogens (tertiary/aromatic N) is 3. The van der Waals surface area contributed by atoms with Crippen LogP contribution in [0.3, 0.4) is 0 Å². The molecule has 1 fully saturated rings. The van der Waals surface area contributed by atoms with Gasteiger partial charge in [-0.1, -0.05) is 47.2 Å². The van der Waals surface area contributed by atoms with Crippen molar-refractivity contribution < 1.29 is 19.4 Å². The Morgan fingerprint density at radius 1 is 1.12 bits per heavy atom. The van der Waals surface area contributed by atoms with Gasteiger partial charge >= 0.3 is 5.91 Å². The van der Waals surface area contributed by atoms with Gasteiger partial charge in [0, 0.05) is 18.0 Å². The van der Waals surface area contributed by atoms with Gasteiger partial charge in [-0.2, -0.15) is 0 Å². The normalized spacial score (nSPS) is 17.6. The van der Waals surface area contributed by atoms with Crippen molar-refractivity contribution in [2.24, 2.45) is 0 Å². The number of ketones is 1. The molecule has 2 aromatic carbocycles. The molecule has 0 bridgehead atoms. The third kappa shape index (κ3) is 3.54. The lowest BCUT2D eigenvalue weighted by molar-refractivity contribution is -0.132. The first kappa shape index (κ1) is 20.8. The van der Waals surface area contributed by atoms with Crippen molar-refractivity contribution in [3.05, 3.63) is 89.3 Å². The lowest BCUT2D eigenvalue weighted by atomic mass is 9.96. The summed E-state index contributed by atoms with van der Waals surface area (Å²) in [6.07, 6.45) is 3.20. The van der Waals surface area contributed by atoms with E-state index in [2.05, 4.69) is 9.97 Å². The van der Waals surface area contributed by atoms with Crippen LogP contribution in [-0.4, -0.2) is 33.9 Å². The Hall–Kier alpha value is -4.04. The number of aliphatic hydroxyl groups is 1. The van der Waals surface area contributed by atoms with E-state index in [0.29, 0.717) is 27.5 Å². The molecule has 33 heavy (non-hydrogen) atoms. The van der Waals surface area contributed by atoms with Crippen LogP contribution >= 0.6 is 11.3 Å². The largest absolute Gasteiger partial charge is 0.507 e. The van der Waals surface area contributed by atoms with Crippen LogP contribution in [0.4, 0.5) is 5.13 Å². The first-order chi connectivity index (χ1) is 16.0. The number of hydrogen-bond donors (Lipinski definition) is 1. The molecular weight excluding hydrogens is 438 g/mol. The van der Waals surface area contributed by atoms with Crippen LogP contribution in [0, 0.1) is 6.92 Å². The molecule has 8 heteroatoms. The summed E-state index contributed by atoms with van der Waals surface area (Å²) in [6.45, 7) is 1.93. The van der Waals surface area contributed by atoms with Gasteiger partial charge in [0.05, 0.1) is 28.9 Å². The number of carbonyl (C=O) groups is 2. The second kappa shape index (κ2) is 8.14. The molecular formula is C25H19N3O4S. The average Bonchev–Trinajstić information content (AvgIpc) is 3.37. The maximum absolute atomic E-state index is 13.2. The highest BCUT2D eigenvalue weighted by molar-refractivity contribution is 7.22. The van der Waals surface area contributed by atoms with E-state index >= 15 is 0 Å². The Bertz CT molecular complexity index is 1410. The molecule has 5 rings (SSSR count). The van der Waals surface area contributed by atoms with E-state index < -0.39 is 17.7 Å². The van der Waals surface area contributed by atoms with Crippen molar-refractivity contribution in [3.63, 3.8) is 0 Å². The average molecular weight is 458 g/mol. The monoisotopic (exact) mass is 457 g/mol. The molecule has 1 amide bonds. The van der Waals surface area contributed by atoms with Gasteiger partial charge in [-0.05, 0) is 36.8 Å². The van der Waals surface area contributed by atoms with Gasteiger partial charge in [0.1, 0.15) is 11.5 Å².